The molecule has 0 bridgehead atoms. The third-order valence-electron chi connectivity index (χ3n) is 2.51. The molecule has 1 atom stereocenters. The van der Waals surface area contributed by atoms with E-state index in [1.54, 1.807) is 7.11 Å². The van der Waals surface area contributed by atoms with Gasteiger partial charge in [-0.15, -0.1) is 0 Å². The van der Waals surface area contributed by atoms with Gasteiger partial charge < -0.3 is 20.1 Å². The normalized spacial score (nSPS) is 13.1. The van der Waals surface area contributed by atoms with Gasteiger partial charge in [-0.3, -0.25) is 0 Å². The summed E-state index contributed by atoms with van der Waals surface area (Å²) in [5.41, 5.74) is -0.435. The van der Waals surface area contributed by atoms with E-state index in [1.807, 2.05) is 20.8 Å². The topological polar surface area (TPSA) is 59.6 Å². The average molecular weight is 274 g/mol. The lowest BCUT2D eigenvalue weighted by atomic mass is 10.2. The van der Waals surface area contributed by atoms with E-state index in [2.05, 4.69) is 17.6 Å². The fourth-order valence-corrected chi connectivity index (χ4v) is 1.53. The molecule has 19 heavy (non-hydrogen) atoms. The third-order valence-corrected chi connectivity index (χ3v) is 2.51. The number of carbonyl (C=O) groups excluding carboxylic acids is 1. The minimum absolute atomic E-state index is 0.347. The van der Waals surface area contributed by atoms with Crippen molar-refractivity contribution in [2.24, 2.45) is 0 Å². The molecule has 0 saturated heterocycles. The summed E-state index contributed by atoms with van der Waals surface area (Å²) in [7, 11) is 1.72. The summed E-state index contributed by atoms with van der Waals surface area (Å²) in [6.07, 6.45) is 2.73. The lowest BCUT2D eigenvalue weighted by Gasteiger charge is -2.20. The molecular formula is C14H30N2O3. The Morgan fingerprint density at radius 1 is 1.21 bits per heavy atom. The summed E-state index contributed by atoms with van der Waals surface area (Å²) in [5, 5.41) is 6.18. The number of methoxy groups -OCH3 is 1. The van der Waals surface area contributed by atoms with Gasteiger partial charge in [0.15, 0.2) is 0 Å². The summed E-state index contributed by atoms with van der Waals surface area (Å²) in [5.74, 6) is 0. The van der Waals surface area contributed by atoms with Crippen LogP contribution in [0.25, 0.3) is 0 Å². The van der Waals surface area contributed by atoms with Gasteiger partial charge in [-0.05, 0) is 53.5 Å². The molecule has 0 aromatic carbocycles. The third kappa shape index (κ3) is 13.4. The van der Waals surface area contributed by atoms with Crippen molar-refractivity contribution in [3.63, 3.8) is 0 Å². The standard InChI is InChI=1S/C14H30N2O3/c1-12(15-9-6-7-11-18-5)8-10-16-13(17)19-14(2,3)4/h12,15H,6-11H2,1-5H3,(H,16,17). The van der Waals surface area contributed by atoms with Crippen molar-refractivity contribution in [3.05, 3.63) is 0 Å². The van der Waals surface area contributed by atoms with Crippen molar-refractivity contribution in [3.8, 4) is 0 Å². The summed E-state index contributed by atoms with van der Waals surface area (Å²) < 4.78 is 10.2. The highest BCUT2D eigenvalue weighted by Gasteiger charge is 2.15. The molecule has 1 amide bonds. The van der Waals surface area contributed by atoms with Gasteiger partial charge in [0, 0.05) is 26.3 Å². The van der Waals surface area contributed by atoms with Crippen LogP contribution in [0, 0.1) is 0 Å². The molecule has 114 valence electrons. The van der Waals surface area contributed by atoms with Gasteiger partial charge in [-0.1, -0.05) is 0 Å². The number of amides is 1. The summed E-state index contributed by atoms with van der Waals surface area (Å²) in [6, 6.07) is 0.387. The molecule has 5 heteroatoms. The molecule has 1 unspecified atom stereocenters. The molecule has 0 spiro atoms. The fraction of sp³-hybridized carbons (Fsp3) is 0.929. The maximum absolute atomic E-state index is 11.4. The first-order chi connectivity index (χ1) is 8.85. The molecule has 0 heterocycles. The number of hydrogen-bond acceptors (Lipinski definition) is 4. The number of rotatable bonds is 9. The highest BCUT2D eigenvalue weighted by atomic mass is 16.6. The predicted molar refractivity (Wildman–Crippen MR) is 77.4 cm³/mol. The van der Waals surface area contributed by atoms with Gasteiger partial charge in [0.2, 0.25) is 0 Å². The second-order valence-corrected chi connectivity index (χ2v) is 5.77. The molecule has 0 aromatic heterocycles. The van der Waals surface area contributed by atoms with E-state index in [0.717, 1.165) is 32.4 Å². The summed E-state index contributed by atoms with van der Waals surface area (Å²) in [6.45, 7) is 10.1. The van der Waals surface area contributed by atoms with Gasteiger partial charge in [-0.2, -0.15) is 0 Å². The van der Waals surface area contributed by atoms with Crippen LogP contribution in [0.2, 0.25) is 0 Å². The minimum Gasteiger partial charge on any atom is -0.444 e. The van der Waals surface area contributed by atoms with E-state index in [4.69, 9.17) is 9.47 Å². The van der Waals surface area contributed by atoms with Crippen LogP contribution >= 0.6 is 0 Å². The van der Waals surface area contributed by atoms with Crippen LogP contribution in [0.15, 0.2) is 0 Å². The molecule has 0 fully saturated rings. The van der Waals surface area contributed by atoms with Crippen LogP contribution in [0.3, 0.4) is 0 Å². The first-order valence-electron chi connectivity index (χ1n) is 7.04. The molecule has 2 N–H and O–H groups in total. The second-order valence-electron chi connectivity index (χ2n) is 5.77. The number of unbranched alkanes of at least 4 members (excludes halogenated alkanes) is 1. The number of ether oxygens (including phenoxy) is 2. The molecule has 0 saturated carbocycles. The van der Waals surface area contributed by atoms with E-state index in [-0.39, 0.29) is 6.09 Å². The Labute approximate surface area is 117 Å². The molecule has 5 nitrogen and oxygen atoms in total. The van der Waals surface area contributed by atoms with Crippen LogP contribution in [-0.2, 0) is 9.47 Å². The summed E-state index contributed by atoms with van der Waals surface area (Å²) in [4.78, 5) is 11.4. The Balaban J connectivity index is 3.47. The van der Waals surface area contributed by atoms with E-state index < -0.39 is 5.60 Å². The zero-order chi connectivity index (χ0) is 14.7. The Kier molecular flexibility index (Phi) is 9.61. The maximum Gasteiger partial charge on any atom is 0.407 e. The van der Waals surface area contributed by atoms with Crippen molar-refractivity contribution in [1.29, 1.82) is 0 Å². The van der Waals surface area contributed by atoms with Crippen LogP contribution in [0.1, 0.15) is 47.0 Å². The Morgan fingerprint density at radius 3 is 2.47 bits per heavy atom. The maximum atomic E-state index is 11.4. The van der Waals surface area contributed by atoms with Crippen LogP contribution in [-0.4, -0.2) is 44.5 Å². The molecule has 0 aliphatic heterocycles. The largest absolute Gasteiger partial charge is 0.444 e. The van der Waals surface area contributed by atoms with E-state index in [9.17, 15) is 4.79 Å². The number of hydrogen-bond donors (Lipinski definition) is 2. The minimum atomic E-state index is -0.435. The van der Waals surface area contributed by atoms with Crippen LogP contribution < -0.4 is 10.6 Å². The molecule has 0 aromatic rings. The van der Waals surface area contributed by atoms with Crippen molar-refractivity contribution < 1.29 is 14.3 Å². The lowest BCUT2D eigenvalue weighted by molar-refractivity contribution is 0.0526. The smallest absolute Gasteiger partial charge is 0.407 e. The number of nitrogens with one attached hydrogen (secondary N) is 2. The highest BCUT2D eigenvalue weighted by Crippen LogP contribution is 2.06. The SMILES string of the molecule is COCCCCNC(C)CCNC(=O)OC(C)(C)C. The molecule has 0 aliphatic rings. The van der Waals surface area contributed by atoms with Crippen molar-refractivity contribution >= 4 is 6.09 Å². The second kappa shape index (κ2) is 10.0. The quantitative estimate of drug-likeness (QED) is 0.633. The van der Waals surface area contributed by atoms with Crippen molar-refractivity contribution in [2.45, 2.75) is 58.6 Å². The average Bonchev–Trinajstić information content (AvgIpc) is 2.26. The Morgan fingerprint density at radius 2 is 1.89 bits per heavy atom. The zero-order valence-corrected chi connectivity index (χ0v) is 13.0. The van der Waals surface area contributed by atoms with E-state index in [1.165, 1.54) is 0 Å². The highest BCUT2D eigenvalue weighted by molar-refractivity contribution is 5.67. The van der Waals surface area contributed by atoms with Crippen LogP contribution in [0.4, 0.5) is 4.79 Å². The lowest BCUT2D eigenvalue weighted by Crippen LogP contribution is -2.36. The predicted octanol–water partition coefficient (Wildman–Crippen LogP) is 2.31. The van der Waals surface area contributed by atoms with Gasteiger partial charge in [-0.25, -0.2) is 4.79 Å². The van der Waals surface area contributed by atoms with E-state index in [0.29, 0.717) is 12.6 Å². The molecule has 0 aliphatic carbocycles. The Hall–Kier alpha value is -0.810. The van der Waals surface area contributed by atoms with Crippen molar-refractivity contribution in [1.82, 2.24) is 10.6 Å². The molecular weight excluding hydrogens is 244 g/mol. The van der Waals surface area contributed by atoms with E-state index >= 15 is 0 Å². The van der Waals surface area contributed by atoms with Gasteiger partial charge in [0.05, 0.1) is 0 Å². The van der Waals surface area contributed by atoms with Gasteiger partial charge in [0.1, 0.15) is 5.60 Å². The zero-order valence-electron chi connectivity index (χ0n) is 13.0. The first kappa shape index (κ1) is 18.2. The Bertz CT molecular complexity index is 239. The monoisotopic (exact) mass is 274 g/mol. The molecule has 0 rings (SSSR count). The van der Waals surface area contributed by atoms with Gasteiger partial charge in [0.25, 0.3) is 0 Å². The summed E-state index contributed by atoms with van der Waals surface area (Å²) >= 11 is 0. The first-order valence-corrected chi connectivity index (χ1v) is 7.04. The van der Waals surface area contributed by atoms with Crippen LogP contribution in [0.5, 0.6) is 0 Å². The number of alkyl carbamates (subject to hydrolysis) is 1. The van der Waals surface area contributed by atoms with Gasteiger partial charge >= 0.3 is 6.09 Å². The molecule has 0 radical (unpaired) electrons. The number of carbonyl (C=O) groups is 1. The fourth-order valence-electron chi connectivity index (χ4n) is 1.53. The van der Waals surface area contributed by atoms with Crippen molar-refractivity contribution in [2.75, 3.05) is 26.8 Å².